The fraction of sp³-hybridized carbons (Fsp3) is 0. The number of nitrogens with zero attached hydrogens (tertiary/aromatic N) is 2. The average molecular weight is 143 g/mol. The Balaban J connectivity index is 2.79. The predicted octanol–water partition coefficient (Wildman–Crippen LogP) is 2.11. The fourth-order valence-corrected chi connectivity index (χ4v) is 0.989. The first-order valence-corrected chi connectivity index (χ1v) is 3.21. The second kappa shape index (κ2) is 2.10. The Bertz CT molecular complexity index is 422. The van der Waals surface area contributed by atoms with Crippen molar-refractivity contribution >= 4 is 16.7 Å². The van der Waals surface area contributed by atoms with Gasteiger partial charge in [0.05, 0.1) is 6.57 Å². The van der Waals surface area contributed by atoms with Crippen LogP contribution in [0.5, 0.6) is 0 Å². The zero-order valence-electron chi connectivity index (χ0n) is 5.70. The Morgan fingerprint density at radius 1 is 1.55 bits per heavy atom. The molecule has 0 bridgehead atoms. The van der Waals surface area contributed by atoms with Gasteiger partial charge in [0, 0.05) is 17.8 Å². The summed E-state index contributed by atoms with van der Waals surface area (Å²) in [5, 5.41) is 0.985. The summed E-state index contributed by atoms with van der Waals surface area (Å²) >= 11 is 0. The second-order valence-electron chi connectivity index (χ2n) is 2.22. The topological polar surface area (TPSA) is 33.0 Å². The van der Waals surface area contributed by atoms with Crippen LogP contribution >= 0.6 is 0 Å². The summed E-state index contributed by atoms with van der Waals surface area (Å²) in [5.74, 6) is 0. The summed E-state index contributed by atoms with van der Waals surface area (Å²) < 4.78 is 0. The van der Waals surface area contributed by atoms with E-state index in [-0.39, 0.29) is 0 Å². The molecular formula is C8H5N3. The molecule has 3 heteroatoms. The van der Waals surface area contributed by atoms with Crippen LogP contribution in [0.3, 0.4) is 0 Å². The van der Waals surface area contributed by atoms with E-state index in [4.69, 9.17) is 6.57 Å². The molecule has 52 valence electrons. The monoisotopic (exact) mass is 143 g/mol. The van der Waals surface area contributed by atoms with E-state index in [1.807, 2.05) is 18.3 Å². The Morgan fingerprint density at radius 3 is 3.27 bits per heavy atom. The maximum Gasteiger partial charge on any atom is 0.205 e. The number of rotatable bonds is 0. The van der Waals surface area contributed by atoms with Crippen molar-refractivity contribution in [2.75, 3.05) is 0 Å². The summed E-state index contributed by atoms with van der Waals surface area (Å²) in [7, 11) is 0. The van der Waals surface area contributed by atoms with Gasteiger partial charge >= 0.3 is 0 Å². The van der Waals surface area contributed by atoms with Gasteiger partial charge in [-0.2, -0.15) is 0 Å². The quantitative estimate of drug-likeness (QED) is 0.563. The molecule has 0 atom stereocenters. The van der Waals surface area contributed by atoms with Crippen molar-refractivity contribution in [2.45, 2.75) is 0 Å². The molecular weight excluding hydrogens is 138 g/mol. The van der Waals surface area contributed by atoms with E-state index in [1.54, 1.807) is 6.20 Å². The molecule has 0 aliphatic rings. The number of nitrogens with one attached hydrogen (secondary N) is 1. The van der Waals surface area contributed by atoms with Crippen LogP contribution in [-0.2, 0) is 0 Å². The summed E-state index contributed by atoms with van der Waals surface area (Å²) in [6.07, 6.45) is 3.37. The van der Waals surface area contributed by atoms with Crippen LogP contribution in [-0.4, -0.2) is 9.97 Å². The van der Waals surface area contributed by atoms with Crippen LogP contribution < -0.4 is 0 Å². The smallest absolute Gasteiger partial charge is 0.205 e. The summed E-state index contributed by atoms with van der Waals surface area (Å²) in [5.41, 5.74) is 1.41. The standard InChI is InChI=1S/C8H5N3/c1-9-7-4-6-2-3-10-8(6)11-5-7/h2-5H,(H,10,11). The molecule has 0 aromatic carbocycles. The SMILES string of the molecule is [C-]#[N+]c1cnc2[nH]ccc2c1. The second-order valence-corrected chi connectivity index (χ2v) is 2.22. The van der Waals surface area contributed by atoms with Crippen molar-refractivity contribution in [2.24, 2.45) is 0 Å². The van der Waals surface area contributed by atoms with Gasteiger partial charge < -0.3 is 4.98 Å². The summed E-state index contributed by atoms with van der Waals surface area (Å²) in [6.45, 7) is 6.75. The highest BCUT2D eigenvalue weighted by atomic mass is 14.8. The number of pyridine rings is 1. The molecule has 1 N–H and O–H groups in total. The molecule has 0 spiro atoms. The molecule has 0 fully saturated rings. The first-order chi connectivity index (χ1) is 5.40. The van der Waals surface area contributed by atoms with Gasteiger partial charge in [-0.05, 0) is 12.1 Å². The molecule has 0 aliphatic heterocycles. The Kier molecular flexibility index (Phi) is 1.13. The minimum atomic E-state index is 0.581. The predicted molar refractivity (Wildman–Crippen MR) is 42.4 cm³/mol. The third-order valence-corrected chi connectivity index (χ3v) is 1.51. The van der Waals surface area contributed by atoms with Crippen LogP contribution in [0.15, 0.2) is 24.5 Å². The zero-order chi connectivity index (χ0) is 7.68. The molecule has 0 saturated heterocycles. The number of fused-ring (bicyclic) bond motifs is 1. The van der Waals surface area contributed by atoms with Crippen molar-refractivity contribution in [1.82, 2.24) is 9.97 Å². The third-order valence-electron chi connectivity index (χ3n) is 1.51. The van der Waals surface area contributed by atoms with E-state index in [9.17, 15) is 0 Å². The maximum absolute atomic E-state index is 6.75. The Morgan fingerprint density at radius 2 is 2.45 bits per heavy atom. The average Bonchev–Trinajstić information content (AvgIpc) is 2.50. The lowest BCUT2D eigenvalue weighted by atomic mass is 10.3. The van der Waals surface area contributed by atoms with Crippen LogP contribution in [0.4, 0.5) is 5.69 Å². The highest BCUT2D eigenvalue weighted by molar-refractivity contribution is 5.78. The van der Waals surface area contributed by atoms with Gasteiger partial charge in [-0.25, -0.2) is 4.85 Å². The van der Waals surface area contributed by atoms with Crippen LogP contribution in [0, 0.1) is 6.57 Å². The van der Waals surface area contributed by atoms with Crippen molar-refractivity contribution < 1.29 is 0 Å². The molecule has 2 aromatic heterocycles. The van der Waals surface area contributed by atoms with Gasteiger partial charge in [0.15, 0.2) is 0 Å². The minimum Gasteiger partial charge on any atom is -0.346 e. The Hall–Kier alpha value is -1.82. The Labute approximate surface area is 63.5 Å². The number of hydrogen-bond donors (Lipinski definition) is 1. The van der Waals surface area contributed by atoms with Gasteiger partial charge in [0.2, 0.25) is 5.69 Å². The lowest BCUT2D eigenvalue weighted by molar-refractivity contribution is 1.33. The van der Waals surface area contributed by atoms with E-state index < -0.39 is 0 Å². The highest BCUT2D eigenvalue weighted by Gasteiger charge is 1.95. The van der Waals surface area contributed by atoms with E-state index in [0.717, 1.165) is 11.0 Å². The first-order valence-electron chi connectivity index (χ1n) is 3.21. The van der Waals surface area contributed by atoms with Crippen molar-refractivity contribution in [3.05, 3.63) is 35.9 Å². The van der Waals surface area contributed by atoms with Crippen LogP contribution in [0.25, 0.3) is 15.9 Å². The molecule has 2 rings (SSSR count). The number of aromatic nitrogens is 2. The van der Waals surface area contributed by atoms with Gasteiger partial charge in [0.25, 0.3) is 0 Å². The molecule has 2 aromatic rings. The maximum atomic E-state index is 6.75. The largest absolute Gasteiger partial charge is 0.346 e. The van der Waals surface area contributed by atoms with Crippen molar-refractivity contribution in [1.29, 1.82) is 0 Å². The third kappa shape index (κ3) is 0.849. The number of hydrogen-bond acceptors (Lipinski definition) is 1. The lowest BCUT2D eigenvalue weighted by Gasteiger charge is -1.88. The van der Waals surface area contributed by atoms with Crippen molar-refractivity contribution in [3.8, 4) is 0 Å². The van der Waals surface area contributed by atoms with Gasteiger partial charge in [0.1, 0.15) is 5.65 Å². The molecule has 0 aliphatic carbocycles. The molecule has 0 radical (unpaired) electrons. The van der Waals surface area contributed by atoms with Gasteiger partial charge in [-0.15, -0.1) is 0 Å². The van der Waals surface area contributed by atoms with E-state index >= 15 is 0 Å². The molecule has 0 amide bonds. The highest BCUT2D eigenvalue weighted by Crippen LogP contribution is 2.16. The summed E-state index contributed by atoms with van der Waals surface area (Å²) in [4.78, 5) is 10.3. The molecule has 3 nitrogen and oxygen atoms in total. The van der Waals surface area contributed by atoms with Gasteiger partial charge in [-0.1, -0.05) is 0 Å². The van der Waals surface area contributed by atoms with Gasteiger partial charge in [-0.3, -0.25) is 4.98 Å². The lowest BCUT2D eigenvalue weighted by Crippen LogP contribution is -1.72. The van der Waals surface area contributed by atoms with Crippen LogP contribution in [0.1, 0.15) is 0 Å². The molecule has 11 heavy (non-hydrogen) atoms. The van der Waals surface area contributed by atoms with Crippen LogP contribution in [0.2, 0.25) is 0 Å². The van der Waals surface area contributed by atoms with E-state index in [2.05, 4.69) is 14.8 Å². The molecule has 2 heterocycles. The molecule has 0 unspecified atom stereocenters. The molecule has 0 saturated carbocycles. The fourth-order valence-electron chi connectivity index (χ4n) is 0.989. The zero-order valence-corrected chi connectivity index (χ0v) is 5.70. The normalized spacial score (nSPS) is 9.73. The number of aromatic amines is 1. The number of H-pyrrole nitrogens is 1. The van der Waals surface area contributed by atoms with Crippen molar-refractivity contribution in [3.63, 3.8) is 0 Å². The first kappa shape index (κ1) is 5.93. The van der Waals surface area contributed by atoms with E-state index in [0.29, 0.717) is 5.69 Å². The summed E-state index contributed by atoms with van der Waals surface area (Å²) in [6, 6.07) is 3.71. The van der Waals surface area contributed by atoms with E-state index in [1.165, 1.54) is 0 Å². The minimum absolute atomic E-state index is 0.581.